The molecule has 0 saturated heterocycles. The first kappa shape index (κ1) is 16.5. The van der Waals surface area contributed by atoms with Crippen LogP contribution in [0.15, 0.2) is 28.7 Å². The van der Waals surface area contributed by atoms with E-state index in [1.54, 1.807) is 0 Å². The van der Waals surface area contributed by atoms with Crippen LogP contribution in [-0.2, 0) is 10.2 Å². The number of hydrogen-bond acceptors (Lipinski definition) is 2. The lowest BCUT2D eigenvalue weighted by molar-refractivity contribution is -0.128. The number of carbonyl (C=O) groups is 1. The molecule has 0 aromatic heterocycles. The maximum Gasteiger partial charge on any atom is 0.230 e. The molecule has 1 aliphatic rings. The number of amides is 1. The van der Waals surface area contributed by atoms with Crippen molar-refractivity contribution in [3.8, 4) is 0 Å². The maximum absolute atomic E-state index is 12.9. The summed E-state index contributed by atoms with van der Waals surface area (Å²) >= 11 is 3.53. The van der Waals surface area contributed by atoms with Gasteiger partial charge in [0.15, 0.2) is 0 Å². The van der Waals surface area contributed by atoms with Crippen LogP contribution >= 0.6 is 15.9 Å². The lowest BCUT2D eigenvalue weighted by Gasteiger charge is -2.36. The fraction of sp³-hybridized carbons (Fsp3) is 0.588. The molecule has 2 rings (SSSR count). The molecule has 0 bridgehead atoms. The second kappa shape index (κ2) is 7.41. The van der Waals surface area contributed by atoms with Gasteiger partial charge in [-0.1, -0.05) is 47.3 Å². The lowest BCUT2D eigenvalue weighted by atomic mass is 9.68. The first-order chi connectivity index (χ1) is 10.1. The zero-order valence-electron chi connectivity index (χ0n) is 12.9. The highest BCUT2D eigenvalue weighted by atomic mass is 79.9. The summed E-state index contributed by atoms with van der Waals surface area (Å²) in [4.78, 5) is 12.9. The van der Waals surface area contributed by atoms with Gasteiger partial charge in [0.2, 0.25) is 5.91 Å². The van der Waals surface area contributed by atoms with Crippen LogP contribution in [0, 0.1) is 0 Å². The van der Waals surface area contributed by atoms with Crippen LogP contribution in [0.1, 0.15) is 44.6 Å². The van der Waals surface area contributed by atoms with E-state index in [9.17, 15) is 4.79 Å². The van der Waals surface area contributed by atoms with Crippen LogP contribution in [0.2, 0.25) is 0 Å². The van der Waals surface area contributed by atoms with E-state index in [1.165, 1.54) is 6.42 Å². The third kappa shape index (κ3) is 3.86. The Morgan fingerprint density at radius 1 is 1.33 bits per heavy atom. The van der Waals surface area contributed by atoms with Crippen LogP contribution in [0.3, 0.4) is 0 Å². The molecule has 1 aromatic carbocycles. The van der Waals surface area contributed by atoms with Gasteiger partial charge >= 0.3 is 0 Å². The molecule has 4 heteroatoms. The van der Waals surface area contributed by atoms with Gasteiger partial charge in [0, 0.05) is 17.1 Å². The van der Waals surface area contributed by atoms with E-state index in [0.717, 1.165) is 35.7 Å². The summed E-state index contributed by atoms with van der Waals surface area (Å²) in [5, 5.41) is 6.31. The second-order valence-corrected chi connectivity index (χ2v) is 6.97. The molecule has 1 unspecified atom stereocenters. The van der Waals surface area contributed by atoms with Crippen molar-refractivity contribution in [2.75, 3.05) is 13.6 Å². The summed E-state index contributed by atoms with van der Waals surface area (Å²) in [6, 6.07) is 8.53. The van der Waals surface area contributed by atoms with E-state index < -0.39 is 0 Å². The van der Waals surface area contributed by atoms with Gasteiger partial charge < -0.3 is 10.6 Å². The summed E-state index contributed by atoms with van der Waals surface area (Å²) in [5.74, 6) is 0.183. The van der Waals surface area contributed by atoms with Crippen molar-refractivity contribution in [1.29, 1.82) is 0 Å². The Morgan fingerprint density at radius 3 is 2.67 bits per heavy atom. The van der Waals surface area contributed by atoms with Crippen LogP contribution in [0.4, 0.5) is 0 Å². The van der Waals surface area contributed by atoms with Gasteiger partial charge in [0.25, 0.3) is 0 Å². The van der Waals surface area contributed by atoms with Gasteiger partial charge in [-0.3, -0.25) is 4.79 Å². The van der Waals surface area contributed by atoms with Gasteiger partial charge in [-0.15, -0.1) is 0 Å². The molecule has 1 amide bonds. The molecule has 0 radical (unpaired) electrons. The van der Waals surface area contributed by atoms with Crippen molar-refractivity contribution in [1.82, 2.24) is 10.6 Å². The van der Waals surface area contributed by atoms with Crippen LogP contribution < -0.4 is 10.6 Å². The van der Waals surface area contributed by atoms with E-state index in [2.05, 4.69) is 45.6 Å². The highest BCUT2D eigenvalue weighted by molar-refractivity contribution is 9.10. The third-order valence-electron chi connectivity index (χ3n) is 4.58. The van der Waals surface area contributed by atoms with Crippen molar-refractivity contribution in [2.45, 2.75) is 50.5 Å². The van der Waals surface area contributed by atoms with Gasteiger partial charge in [-0.2, -0.15) is 0 Å². The number of halogens is 1. The Hall–Kier alpha value is -0.870. The smallest absolute Gasteiger partial charge is 0.230 e. The molecule has 3 nitrogen and oxygen atoms in total. The molecule has 21 heavy (non-hydrogen) atoms. The van der Waals surface area contributed by atoms with Crippen LogP contribution in [0.25, 0.3) is 0 Å². The molecule has 116 valence electrons. The molecule has 1 atom stereocenters. The first-order valence-electron chi connectivity index (χ1n) is 7.80. The Bertz CT molecular complexity index is 483. The Morgan fingerprint density at radius 2 is 2.05 bits per heavy atom. The normalized spacial score (nSPS) is 19.0. The lowest BCUT2D eigenvalue weighted by Crippen LogP contribution is -2.48. The minimum atomic E-state index is -0.352. The molecule has 1 aromatic rings. The van der Waals surface area contributed by atoms with E-state index in [0.29, 0.717) is 6.54 Å². The molecular formula is C17H25BrN2O. The van der Waals surface area contributed by atoms with Gasteiger partial charge in [-0.25, -0.2) is 0 Å². The molecule has 1 saturated carbocycles. The SMILES string of the molecule is CNC(C)CNC(=O)C1(c2cccc(Br)c2)CCCCC1. The summed E-state index contributed by atoms with van der Waals surface area (Å²) < 4.78 is 1.04. The molecular weight excluding hydrogens is 328 g/mol. The summed E-state index contributed by atoms with van der Waals surface area (Å²) in [5.41, 5.74) is 0.793. The molecule has 1 aliphatic carbocycles. The van der Waals surface area contributed by atoms with Gasteiger partial charge in [-0.05, 0) is 44.5 Å². The first-order valence-corrected chi connectivity index (χ1v) is 8.59. The maximum atomic E-state index is 12.9. The molecule has 1 fully saturated rings. The number of rotatable bonds is 5. The third-order valence-corrected chi connectivity index (χ3v) is 5.07. The summed E-state index contributed by atoms with van der Waals surface area (Å²) in [6.45, 7) is 2.75. The zero-order valence-corrected chi connectivity index (χ0v) is 14.5. The average molecular weight is 353 g/mol. The highest BCUT2D eigenvalue weighted by Gasteiger charge is 2.41. The van der Waals surface area contributed by atoms with Gasteiger partial charge in [0.05, 0.1) is 5.41 Å². The Kier molecular flexibility index (Phi) is 5.82. The minimum Gasteiger partial charge on any atom is -0.354 e. The highest BCUT2D eigenvalue weighted by Crippen LogP contribution is 2.40. The van der Waals surface area contributed by atoms with E-state index in [1.807, 2.05) is 19.2 Å². The van der Waals surface area contributed by atoms with Crippen molar-refractivity contribution >= 4 is 21.8 Å². The number of nitrogens with one attached hydrogen (secondary N) is 2. The molecule has 2 N–H and O–H groups in total. The largest absolute Gasteiger partial charge is 0.354 e. The topological polar surface area (TPSA) is 41.1 Å². The Balaban J connectivity index is 2.22. The molecule has 0 heterocycles. The van der Waals surface area contributed by atoms with Crippen molar-refractivity contribution in [3.05, 3.63) is 34.3 Å². The molecule has 0 aliphatic heterocycles. The van der Waals surface area contributed by atoms with E-state index in [-0.39, 0.29) is 17.4 Å². The fourth-order valence-electron chi connectivity index (χ4n) is 3.11. The predicted octanol–water partition coefficient (Wildman–Crippen LogP) is 3.38. The molecule has 0 spiro atoms. The second-order valence-electron chi connectivity index (χ2n) is 6.05. The standard InChI is InChI=1S/C17H25BrN2O/c1-13(19-2)12-20-16(21)17(9-4-3-5-10-17)14-7-6-8-15(18)11-14/h6-8,11,13,19H,3-5,9-10,12H2,1-2H3,(H,20,21). The van der Waals surface area contributed by atoms with Crippen LogP contribution in [-0.4, -0.2) is 25.5 Å². The predicted molar refractivity (Wildman–Crippen MR) is 90.4 cm³/mol. The minimum absolute atomic E-state index is 0.183. The number of benzene rings is 1. The fourth-order valence-corrected chi connectivity index (χ4v) is 3.50. The van der Waals surface area contributed by atoms with E-state index >= 15 is 0 Å². The average Bonchev–Trinajstić information content (AvgIpc) is 2.52. The van der Waals surface area contributed by atoms with E-state index in [4.69, 9.17) is 0 Å². The summed E-state index contributed by atoms with van der Waals surface area (Å²) in [7, 11) is 1.92. The quantitative estimate of drug-likeness (QED) is 0.852. The van der Waals surface area contributed by atoms with Crippen LogP contribution in [0.5, 0.6) is 0 Å². The monoisotopic (exact) mass is 352 g/mol. The number of hydrogen-bond donors (Lipinski definition) is 2. The van der Waals surface area contributed by atoms with Gasteiger partial charge in [0.1, 0.15) is 0 Å². The number of carbonyl (C=O) groups excluding carboxylic acids is 1. The number of likely N-dealkylation sites (N-methyl/N-ethyl adjacent to an activating group) is 1. The van der Waals surface area contributed by atoms with Crippen molar-refractivity contribution in [2.24, 2.45) is 0 Å². The zero-order chi connectivity index (χ0) is 15.3. The summed E-state index contributed by atoms with van der Waals surface area (Å²) in [6.07, 6.45) is 5.38. The Labute approximate surface area is 136 Å². The van der Waals surface area contributed by atoms with Crippen molar-refractivity contribution < 1.29 is 4.79 Å². The van der Waals surface area contributed by atoms with Crippen molar-refractivity contribution in [3.63, 3.8) is 0 Å².